The molecule has 1 saturated heterocycles. The number of nitrogens with zero attached hydrogens (tertiary/aromatic N) is 1. The van der Waals surface area contributed by atoms with Crippen molar-refractivity contribution in [2.75, 3.05) is 27.2 Å². The second-order valence-corrected chi connectivity index (χ2v) is 7.38. The fraction of sp³-hybridized carbons (Fsp3) is 0.450. The van der Waals surface area contributed by atoms with Gasteiger partial charge in [-0.3, -0.25) is 4.79 Å². The van der Waals surface area contributed by atoms with E-state index < -0.39 is 0 Å². The normalized spacial score (nSPS) is 17.6. The first-order valence-electron chi connectivity index (χ1n) is 8.77. The fourth-order valence-corrected chi connectivity index (χ4v) is 3.21. The van der Waals surface area contributed by atoms with E-state index in [0.29, 0.717) is 5.76 Å². The maximum absolute atomic E-state index is 12.4. The predicted octanol–water partition coefficient (Wildman–Crippen LogP) is 3.03. The van der Waals surface area contributed by atoms with Gasteiger partial charge in [-0.1, -0.05) is 30.3 Å². The fourth-order valence-electron chi connectivity index (χ4n) is 3.21. The van der Waals surface area contributed by atoms with E-state index >= 15 is 0 Å². The molecule has 2 heterocycles. The minimum absolute atomic E-state index is 0.0850. The van der Waals surface area contributed by atoms with E-state index in [1.165, 1.54) is 5.56 Å². The Morgan fingerprint density at radius 2 is 1.79 bits per heavy atom. The first-order valence-corrected chi connectivity index (χ1v) is 8.77. The molecule has 1 amide bonds. The Morgan fingerprint density at radius 3 is 2.50 bits per heavy atom. The highest BCUT2D eigenvalue weighted by atomic mass is 16.3. The van der Waals surface area contributed by atoms with Gasteiger partial charge in [0, 0.05) is 25.3 Å². The molecule has 1 aliphatic rings. The van der Waals surface area contributed by atoms with Crippen molar-refractivity contribution in [3.05, 3.63) is 59.5 Å². The van der Waals surface area contributed by atoms with Gasteiger partial charge in [-0.05, 0) is 24.1 Å². The number of hydrogen-bond donors (Lipinski definition) is 1. The van der Waals surface area contributed by atoms with Crippen molar-refractivity contribution in [2.45, 2.75) is 31.7 Å². The molecule has 24 heavy (non-hydrogen) atoms. The number of piperidine rings is 1. The number of benzene rings is 1. The second-order valence-electron chi connectivity index (χ2n) is 7.38. The monoisotopic (exact) mass is 327 g/mol. The molecule has 0 atom stereocenters. The summed E-state index contributed by atoms with van der Waals surface area (Å²) in [6.07, 6.45) is 3.79. The van der Waals surface area contributed by atoms with Gasteiger partial charge in [0.25, 0.3) is 5.91 Å². The zero-order valence-corrected chi connectivity index (χ0v) is 14.6. The first kappa shape index (κ1) is 16.8. The Bertz CT molecular complexity index is 666. The molecule has 0 bridgehead atoms. The Hall–Kier alpha value is -2.07. The van der Waals surface area contributed by atoms with Crippen molar-refractivity contribution < 1.29 is 13.7 Å². The molecule has 4 heteroatoms. The maximum Gasteiger partial charge on any atom is 0.287 e. The summed E-state index contributed by atoms with van der Waals surface area (Å²) in [6, 6.07) is 14.3. The van der Waals surface area contributed by atoms with Crippen LogP contribution in [0.2, 0.25) is 0 Å². The molecule has 128 valence electrons. The smallest absolute Gasteiger partial charge is 0.287 e. The van der Waals surface area contributed by atoms with E-state index in [-0.39, 0.29) is 11.9 Å². The van der Waals surface area contributed by atoms with Crippen LogP contribution in [-0.4, -0.2) is 43.6 Å². The van der Waals surface area contributed by atoms with Crippen LogP contribution in [0.15, 0.2) is 46.9 Å². The summed E-state index contributed by atoms with van der Waals surface area (Å²) in [6.45, 7) is 2.21. The summed E-state index contributed by atoms with van der Waals surface area (Å²) in [7, 11) is 4.48. The highest BCUT2D eigenvalue weighted by molar-refractivity contribution is 5.91. The van der Waals surface area contributed by atoms with Crippen molar-refractivity contribution in [1.82, 2.24) is 5.32 Å². The Morgan fingerprint density at radius 1 is 1.08 bits per heavy atom. The third-order valence-corrected chi connectivity index (χ3v) is 4.89. The number of hydrogen-bond acceptors (Lipinski definition) is 2. The van der Waals surface area contributed by atoms with Crippen LogP contribution in [0.4, 0.5) is 0 Å². The molecular formula is C20H27N2O2+. The molecule has 1 aromatic heterocycles. The van der Waals surface area contributed by atoms with Gasteiger partial charge in [-0.25, -0.2) is 0 Å². The van der Waals surface area contributed by atoms with Crippen LogP contribution in [-0.2, 0) is 12.8 Å². The van der Waals surface area contributed by atoms with E-state index in [2.05, 4.69) is 31.5 Å². The van der Waals surface area contributed by atoms with Crippen LogP contribution in [0.25, 0.3) is 0 Å². The van der Waals surface area contributed by atoms with E-state index in [1.54, 1.807) is 6.07 Å². The Labute approximate surface area is 144 Å². The topological polar surface area (TPSA) is 42.2 Å². The van der Waals surface area contributed by atoms with Gasteiger partial charge in [-0.2, -0.15) is 0 Å². The molecule has 0 saturated carbocycles. The van der Waals surface area contributed by atoms with Gasteiger partial charge in [0.15, 0.2) is 5.76 Å². The summed E-state index contributed by atoms with van der Waals surface area (Å²) < 4.78 is 6.77. The van der Waals surface area contributed by atoms with Gasteiger partial charge >= 0.3 is 0 Å². The standard InChI is InChI=1S/C20H26N2O2/c1-22(2)14-12-17(13-15-22)21-20(23)19-11-10-18(24-19)9-8-16-6-4-3-5-7-16/h3-7,10-11,17H,8-9,12-15H2,1-2H3/p+1. The summed E-state index contributed by atoms with van der Waals surface area (Å²) in [5.41, 5.74) is 1.28. The van der Waals surface area contributed by atoms with E-state index in [9.17, 15) is 4.79 Å². The highest BCUT2D eigenvalue weighted by Crippen LogP contribution is 2.16. The number of likely N-dealkylation sites (tertiary alicyclic amines) is 1. The molecule has 4 nitrogen and oxygen atoms in total. The van der Waals surface area contributed by atoms with E-state index in [1.807, 2.05) is 24.3 Å². The minimum Gasteiger partial charge on any atom is -0.456 e. The molecule has 2 aromatic rings. The maximum atomic E-state index is 12.4. The lowest BCUT2D eigenvalue weighted by Crippen LogP contribution is -2.51. The van der Waals surface area contributed by atoms with Crippen LogP contribution in [0.5, 0.6) is 0 Å². The molecule has 0 unspecified atom stereocenters. The predicted molar refractivity (Wildman–Crippen MR) is 94.9 cm³/mol. The second kappa shape index (κ2) is 7.22. The highest BCUT2D eigenvalue weighted by Gasteiger charge is 2.27. The molecule has 0 spiro atoms. The van der Waals surface area contributed by atoms with Crippen molar-refractivity contribution >= 4 is 5.91 Å². The number of carbonyl (C=O) groups is 1. The van der Waals surface area contributed by atoms with Crippen LogP contribution < -0.4 is 5.32 Å². The summed E-state index contributed by atoms with van der Waals surface area (Å²) in [4.78, 5) is 12.4. The summed E-state index contributed by atoms with van der Waals surface area (Å²) in [5.74, 6) is 1.21. The molecule has 1 fully saturated rings. The van der Waals surface area contributed by atoms with E-state index in [4.69, 9.17) is 4.42 Å². The lowest BCUT2D eigenvalue weighted by Gasteiger charge is -2.37. The number of quaternary nitrogens is 1. The number of furan rings is 1. The zero-order chi connectivity index (χ0) is 17.0. The van der Waals surface area contributed by atoms with Gasteiger partial charge in [0.05, 0.1) is 27.2 Å². The number of carbonyl (C=O) groups excluding carboxylic acids is 1. The van der Waals surface area contributed by atoms with Crippen molar-refractivity contribution in [1.29, 1.82) is 0 Å². The molecule has 1 aromatic carbocycles. The molecule has 1 N–H and O–H groups in total. The summed E-state index contributed by atoms with van der Waals surface area (Å²) >= 11 is 0. The summed E-state index contributed by atoms with van der Waals surface area (Å²) in [5, 5.41) is 3.12. The molecule has 1 aliphatic heterocycles. The molecule has 3 rings (SSSR count). The third-order valence-electron chi connectivity index (χ3n) is 4.89. The Balaban J connectivity index is 1.50. The lowest BCUT2D eigenvalue weighted by atomic mass is 10.0. The largest absolute Gasteiger partial charge is 0.456 e. The molecule has 0 radical (unpaired) electrons. The van der Waals surface area contributed by atoms with Crippen LogP contribution in [0.3, 0.4) is 0 Å². The van der Waals surface area contributed by atoms with Crippen LogP contribution >= 0.6 is 0 Å². The van der Waals surface area contributed by atoms with Crippen molar-refractivity contribution in [3.63, 3.8) is 0 Å². The van der Waals surface area contributed by atoms with Gasteiger partial charge < -0.3 is 14.2 Å². The van der Waals surface area contributed by atoms with Crippen molar-refractivity contribution in [3.8, 4) is 0 Å². The van der Waals surface area contributed by atoms with Gasteiger partial charge in [0.2, 0.25) is 0 Å². The third kappa shape index (κ3) is 4.48. The lowest BCUT2D eigenvalue weighted by molar-refractivity contribution is -0.895. The number of nitrogens with one attached hydrogen (secondary N) is 1. The SMILES string of the molecule is C[N+]1(C)CCC(NC(=O)c2ccc(CCc3ccccc3)o2)CC1. The average Bonchev–Trinajstić information content (AvgIpc) is 3.05. The quantitative estimate of drug-likeness (QED) is 0.858. The number of aryl methyl sites for hydroxylation is 2. The Kier molecular flexibility index (Phi) is 5.05. The van der Waals surface area contributed by atoms with Crippen LogP contribution in [0.1, 0.15) is 34.7 Å². The van der Waals surface area contributed by atoms with Crippen molar-refractivity contribution in [2.24, 2.45) is 0 Å². The zero-order valence-electron chi connectivity index (χ0n) is 14.6. The van der Waals surface area contributed by atoms with E-state index in [0.717, 1.165) is 49.0 Å². The molecular weight excluding hydrogens is 300 g/mol. The minimum atomic E-state index is -0.0850. The molecule has 0 aliphatic carbocycles. The van der Waals surface area contributed by atoms with Crippen LogP contribution in [0, 0.1) is 0 Å². The average molecular weight is 327 g/mol. The first-order chi connectivity index (χ1) is 11.5. The van der Waals surface area contributed by atoms with Gasteiger partial charge in [0.1, 0.15) is 5.76 Å². The number of rotatable bonds is 5. The number of amides is 1. The van der Waals surface area contributed by atoms with Gasteiger partial charge in [-0.15, -0.1) is 0 Å².